The molecule has 1 amide bonds. The summed E-state index contributed by atoms with van der Waals surface area (Å²) in [5.41, 5.74) is 4.18. The van der Waals surface area contributed by atoms with Crippen molar-refractivity contribution < 1.29 is 4.79 Å². The first-order valence-corrected chi connectivity index (χ1v) is 7.15. The lowest BCUT2D eigenvalue weighted by Gasteiger charge is -2.35. The Morgan fingerprint density at radius 1 is 1.10 bits per heavy atom. The van der Waals surface area contributed by atoms with E-state index in [1.807, 2.05) is 48.2 Å². The SMILES string of the molecule is Cc1ccccc1C(=O)N1c2ccccc2CCC1C. The largest absolute Gasteiger partial charge is 0.305 e. The van der Waals surface area contributed by atoms with Gasteiger partial charge in [0.2, 0.25) is 0 Å². The third kappa shape index (κ3) is 2.11. The zero-order chi connectivity index (χ0) is 14.1. The number of carbonyl (C=O) groups excluding carboxylic acids is 1. The average Bonchev–Trinajstić information content (AvgIpc) is 2.47. The molecular formula is C18H19NO. The van der Waals surface area contributed by atoms with Crippen molar-refractivity contribution in [2.24, 2.45) is 0 Å². The van der Waals surface area contributed by atoms with E-state index >= 15 is 0 Å². The Bertz CT molecular complexity index is 647. The minimum Gasteiger partial charge on any atom is -0.305 e. The molecule has 0 aliphatic carbocycles. The van der Waals surface area contributed by atoms with Crippen molar-refractivity contribution in [2.75, 3.05) is 4.90 Å². The number of benzene rings is 2. The fourth-order valence-corrected chi connectivity index (χ4v) is 2.94. The molecule has 102 valence electrons. The van der Waals surface area contributed by atoms with Crippen LogP contribution in [0.2, 0.25) is 0 Å². The maximum absolute atomic E-state index is 12.9. The van der Waals surface area contributed by atoms with Crippen LogP contribution in [0.25, 0.3) is 0 Å². The first-order valence-electron chi connectivity index (χ1n) is 7.15. The van der Waals surface area contributed by atoms with E-state index in [0.29, 0.717) is 0 Å². The Kier molecular flexibility index (Phi) is 3.31. The summed E-state index contributed by atoms with van der Waals surface area (Å²) in [6.07, 6.45) is 2.07. The third-order valence-electron chi connectivity index (χ3n) is 4.12. The van der Waals surface area contributed by atoms with Crippen LogP contribution in [0, 0.1) is 6.92 Å². The van der Waals surface area contributed by atoms with Gasteiger partial charge in [-0.2, -0.15) is 0 Å². The van der Waals surface area contributed by atoms with Gasteiger partial charge in [0.25, 0.3) is 5.91 Å². The standard InChI is InChI=1S/C18H19NO/c1-13-7-3-5-9-16(13)18(20)19-14(2)11-12-15-8-4-6-10-17(15)19/h3-10,14H,11-12H2,1-2H3. The van der Waals surface area contributed by atoms with Crippen molar-refractivity contribution >= 4 is 11.6 Å². The van der Waals surface area contributed by atoms with Crippen LogP contribution in [0.3, 0.4) is 0 Å². The number of anilines is 1. The molecule has 1 heterocycles. The number of nitrogens with zero attached hydrogens (tertiary/aromatic N) is 1. The summed E-state index contributed by atoms with van der Waals surface area (Å²) in [5.74, 6) is 0.114. The molecule has 2 aromatic carbocycles. The van der Waals surface area contributed by atoms with Gasteiger partial charge in [0.1, 0.15) is 0 Å². The van der Waals surface area contributed by atoms with Gasteiger partial charge >= 0.3 is 0 Å². The van der Waals surface area contributed by atoms with E-state index in [0.717, 1.165) is 29.7 Å². The van der Waals surface area contributed by atoms with E-state index < -0.39 is 0 Å². The first kappa shape index (κ1) is 12.9. The molecule has 0 fully saturated rings. The molecule has 0 aromatic heterocycles. The summed E-state index contributed by atoms with van der Waals surface area (Å²) in [6.45, 7) is 4.12. The van der Waals surface area contributed by atoms with E-state index in [1.54, 1.807) is 0 Å². The van der Waals surface area contributed by atoms with Gasteiger partial charge in [0.05, 0.1) is 0 Å². The van der Waals surface area contributed by atoms with Crippen LogP contribution < -0.4 is 4.90 Å². The molecular weight excluding hydrogens is 246 g/mol. The highest BCUT2D eigenvalue weighted by molar-refractivity contribution is 6.08. The Morgan fingerprint density at radius 2 is 1.80 bits per heavy atom. The molecule has 2 nitrogen and oxygen atoms in total. The average molecular weight is 265 g/mol. The van der Waals surface area contributed by atoms with Crippen LogP contribution in [0.4, 0.5) is 5.69 Å². The van der Waals surface area contributed by atoms with Gasteiger partial charge in [-0.3, -0.25) is 4.79 Å². The number of para-hydroxylation sites is 1. The highest BCUT2D eigenvalue weighted by Crippen LogP contribution is 2.32. The van der Waals surface area contributed by atoms with Crippen LogP contribution in [0.15, 0.2) is 48.5 Å². The van der Waals surface area contributed by atoms with Gasteiger partial charge in [-0.25, -0.2) is 0 Å². The normalized spacial score (nSPS) is 17.7. The summed E-state index contributed by atoms with van der Waals surface area (Å²) in [7, 11) is 0. The number of hydrogen-bond acceptors (Lipinski definition) is 1. The minimum atomic E-state index is 0.114. The second kappa shape index (κ2) is 5.12. The lowest BCUT2D eigenvalue weighted by Crippen LogP contribution is -2.42. The molecule has 2 aromatic rings. The fraction of sp³-hybridized carbons (Fsp3) is 0.278. The Morgan fingerprint density at radius 3 is 2.60 bits per heavy atom. The third-order valence-corrected chi connectivity index (χ3v) is 4.12. The summed E-state index contributed by atoms with van der Waals surface area (Å²) < 4.78 is 0. The van der Waals surface area contributed by atoms with E-state index in [2.05, 4.69) is 19.1 Å². The molecule has 0 bridgehead atoms. The molecule has 1 unspecified atom stereocenters. The second-order valence-corrected chi connectivity index (χ2v) is 5.51. The van der Waals surface area contributed by atoms with Crippen LogP contribution in [0.1, 0.15) is 34.8 Å². The van der Waals surface area contributed by atoms with Crippen molar-refractivity contribution in [3.8, 4) is 0 Å². The second-order valence-electron chi connectivity index (χ2n) is 5.51. The molecule has 0 saturated carbocycles. The monoisotopic (exact) mass is 265 g/mol. The van der Waals surface area contributed by atoms with E-state index in [4.69, 9.17) is 0 Å². The zero-order valence-electron chi connectivity index (χ0n) is 12.0. The maximum atomic E-state index is 12.9. The molecule has 0 radical (unpaired) electrons. The molecule has 1 atom stereocenters. The summed E-state index contributed by atoms with van der Waals surface area (Å²) in [4.78, 5) is 14.9. The predicted octanol–water partition coefficient (Wildman–Crippen LogP) is 3.98. The number of carbonyl (C=O) groups is 1. The van der Waals surface area contributed by atoms with Crippen molar-refractivity contribution in [3.63, 3.8) is 0 Å². The first-order chi connectivity index (χ1) is 9.68. The van der Waals surface area contributed by atoms with Gasteiger partial charge in [0.15, 0.2) is 0 Å². The van der Waals surface area contributed by atoms with E-state index in [-0.39, 0.29) is 11.9 Å². The van der Waals surface area contributed by atoms with Crippen LogP contribution in [-0.2, 0) is 6.42 Å². The minimum absolute atomic E-state index is 0.114. The number of fused-ring (bicyclic) bond motifs is 1. The number of aryl methyl sites for hydroxylation is 2. The molecule has 0 N–H and O–H groups in total. The molecule has 3 rings (SSSR count). The van der Waals surface area contributed by atoms with Gasteiger partial charge in [-0.05, 0) is 49.9 Å². The summed E-state index contributed by atoms with van der Waals surface area (Å²) in [5, 5.41) is 0. The number of rotatable bonds is 1. The van der Waals surface area contributed by atoms with Crippen molar-refractivity contribution in [3.05, 3.63) is 65.2 Å². The molecule has 2 heteroatoms. The lowest BCUT2D eigenvalue weighted by atomic mass is 9.95. The summed E-state index contributed by atoms with van der Waals surface area (Å²) >= 11 is 0. The van der Waals surface area contributed by atoms with Gasteiger partial charge in [0, 0.05) is 17.3 Å². The quantitative estimate of drug-likeness (QED) is 0.764. The molecule has 20 heavy (non-hydrogen) atoms. The smallest absolute Gasteiger partial charge is 0.258 e. The maximum Gasteiger partial charge on any atom is 0.258 e. The fourth-order valence-electron chi connectivity index (χ4n) is 2.94. The predicted molar refractivity (Wildman–Crippen MR) is 82.2 cm³/mol. The van der Waals surface area contributed by atoms with E-state index in [9.17, 15) is 4.79 Å². The summed E-state index contributed by atoms with van der Waals surface area (Å²) in [6, 6.07) is 16.3. The number of amides is 1. The van der Waals surface area contributed by atoms with Crippen LogP contribution in [-0.4, -0.2) is 11.9 Å². The topological polar surface area (TPSA) is 20.3 Å². The van der Waals surface area contributed by atoms with Crippen LogP contribution >= 0.6 is 0 Å². The van der Waals surface area contributed by atoms with Crippen molar-refractivity contribution in [1.29, 1.82) is 0 Å². The Hall–Kier alpha value is -2.09. The van der Waals surface area contributed by atoms with Gasteiger partial charge in [-0.1, -0.05) is 36.4 Å². The van der Waals surface area contributed by atoms with Crippen LogP contribution in [0.5, 0.6) is 0 Å². The van der Waals surface area contributed by atoms with Crippen molar-refractivity contribution in [1.82, 2.24) is 0 Å². The Labute approximate surface area is 120 Å². The van der Waals surface area contributed by atoms with Crippen molar-refractivity contribution in [2.45, 2.75) is 32.7 Å². The van der Waals surface area contributed by atoms with Gasteiger partial charge < -0.3 is 4.90 Å². The number of hydrogen-bond donors (Lipinski definition) is 0. The highest BCUT2D eigenvalue weighted by atomic mass is 16.2. The zero-order valence-corrected chi connectivity index (χ0v) is 12.0. The molecule has 0 spiro atoms. The Balaban J connectivity index is 2.05. The molecule has 1 aliphatic rings. The van der Waals surface area contributed by atoms with Gasteiger partial charge in [-0.15, -0.1) is 0 Å². The molecule has 1 aliphatic heterocycles. The van der Waals surface area contributed by atoms with E-state index in [1.165, 1.54) is 5.56 Å². The lowest BCUT2D eigenvalue weighted by molar-refractivity contribution is 0.0974. The molecule has 0 saturated heterocycles. The highest BCUT2D eigenvalue weighted by Gasteiger charge is 2.29.